The fraction of sp³-hybridized carbons (Fsp3) is 0.0526. The largest absolute Gasteiger partial charge is 0.490 e. The van der Waals surface area contributed by atoms with E-state index in [1.54, 1.807) is 0 Å². The number of hydrogen-bond acceptors (Lipinski definition) is 2. The van der Waals surface area contributed by atoms with Crippen LogP contribution in [0.4, 0.5) is 0 Å². The Morgan fingerprint density at radius 2 is 0.700 bits per heavy atom. The summed E-state index contributed by atoms with van der Waals surface area (Å²) in [6.45, 7) is 0.933. The molecule has 0 bridgehead atoms. The third-order valence-corrected chi connectivity index (χ3v) is 6.93. The molecule has 0 aromatic heterocycles. The van der Waals surface area contributed by atoms with Crippen LogP contribution in [-0.4, -0.2) is 13.2 Å². The van der Waals surface area contributed by atoms with Crippen molar-refractivity contribution in [1.82, 2.24) is 0 Å². The molecule has 0 amide bonds. The molecule has 0 N–H and O–H groups in total. The number of benzene rings is 4. The molecule has 6 rings (SSSR count). The van der Waals surface area contributed by atoms with Crippen LogP contribution in [0.15, 0.2) is 169 Å². The molecule has 0 radical (unpaired) electrons. The Labute approximate surface area is 236 Å². The fourth-order valence-corrected chi connectivity index (χ4v) is 5.05. The lowest BCUT2D eigenvalue weighted by molar-refractivity contribution is 0.217. The van der Waals surface area contributed by atoms with Gasteiger partial charge in [0, 0.05) is 0 Å². The zero-order valence-electron chi connectivity index (χ0n) is 22.2. The van der Waals surface area contributed by atoms with E-state index in [1.807, 2.05) is 36.4 Å². The van der Waals surface area contributed by atoms with Crippen molar-refractivity contribution in [2.75, 3.05) is 13.2 Å². The molecule has 0 aliphatic heterocycles. The maximum absolute atomic E-state index is 5.99. The first-order chi connectivity index (χ1) is 19.8. The lowest BCUT2D eigenvalue weighted by atomic mass is 9.93. The van der Waals surface area contributed by atoms with Crippen molar-refractivity contribution in [3.8, 4) is 11.5 Å². The standard InChI is InChI=1S/C38H30O2/c1-3-11-29(12-4-1)37(31-15-7-8-16-31)33-19-23-35(24-20-33)39-27-28-40-36-25-21-34(22-26-36)38(32-17-9-10-18-32)30-13-5-2-6-14-30/h1-26H,27-28H2. The van der Waals surface area contributed by atoms with Crippen LogP contribution in [0, 0.1) is 0 Å². The van der Waals surface area contributed by atoms with Crippen molar-refractivity contribution in [2.24, 2.45) is 0 Å². The molecule has 0 saturated carbocycles. The summed E-state index contributed by atoms with van der Waals surface area (Å²) >= 11 is 0. The van der Waals surface area contributed by atoms with Gasteiger partial charge in [-0.25, -0.2) is 0 Å². The molecule has 4 aromatic rings. The number of hydrogen-bond donors (Lipinski definition) is 0. The SMILES string of the molecule is C1=CC(=C(c2ccccc2)c2ccc(OCCOc3ccc(C(=C4C=CC=C4)c4ccccc4)cc3)cc2)C=C1. The average Bonchev–Trinajstić information content (AvgIpc) is 3.74. The first kappa shape index (κ1) is 25.2. The molecule has 2 aliphatic carbocycles. The molecule has 0 atom stereocenters. The van der Waals surface area contributed by atoms with Crippen LogP contribution in [0.25, 0.3) is 11.1 Å². The van der Waals surface area contributed by atoms with E-state index in [4.69, 9.17) is 9.47 Å². The van der Waals surface area contributed by atoms with Crippen LogP contribution in [0.2, 0.25) is 0 Å². The molecule has 194 valence electrons. The minimum absolute atomic E-state index is 0.466. The Balaban J connectivity index is 1.07. The van der Waals surface area contributed by atoms with Crippen LogP contribution >= 0.6 is 0 Å². The van der Waals surface area contributed by atoms with Gasteiger partial charge in [0.1, 0.15) is 24.7 Å². The lowest BCUT2D eigenvalue weighted by Gasteiger charge is -2.13. The van der Waals surface area contributed by atoms with Gasteiger partial charge in [-0.3, -0.25) is 0 Å². The second kappa shape index (κ2) is 12.2. The summed E-state index contributed by atoms with van der Waals surface area (Å²) < 4.78 is 12.0. The second-order valence-electron chi connectivity index (χ2n) is 9.57. The van der Waals surface area contributed by atoms with E-state index in [1.165, 1.54) is 33.4 Å². The Kier molecular flexibility index (Phi) is 7.68. The van der Waals surface area contributed by atoms with Crippen molar-refractivity contribution in [2.45, 2.75) is 0 Å². The summed E-state index contributed by atoms with van der Waals surface area (Å²) in [7, 11) is 0. The topological polar surface area (TPSA) is 18.5 Å². The smallest absolute Gasteiger partial charge is 0.122 e. The minimum atomic E-state index is 0.466. The van der Waals surface area contributed by atoms with Crippen molar-refractivity contribution >= 4 is 11.1 Å². The molecule has 2 nitrogen and oxygen atoms in total. The first-order valence-electron chi connectivity index (χ1n) is 13.6. The molecule has 0 unspecified atom stereocenters. The summed E-state index contributed by atoms with van der Waals surface area (Å²) in [6.07, 6.45) is 16.9. The highest BCUT2D eigenvalue weighted by Gasteiger charge is 2.12. The molecule has 2 aliphatic rings. The van der Waals surface area contributed by atoms with Gasteiger partial charge >= 0.3 is 0 Å². The van der Waals surface area contributed by atoms with Crippen LogP contribution < -0.4 is 9.47 Å². The van der Waals surface area contributed by atoms with Gasteiger partial charge in [0.05, 0.1) is 0 Å². The molecule has 0 spiro atoms. The highest BCUT2D eigenvalue weighted by molar-refractivity contribution is 5.87. The van der Waals surface area contributed by atoms with Crippen LogP contribution in [-0.2, 0) is 0 Å². The fourth-order valence-electron chi connectivity index (χ4n) is 5.05. The summed E-state index contributed by atoms with van der Waals surface area (Å²) in [6, 6.07) is 37.6. The van der Waals surface area contributed by atoms with Crippen LogP contribution in [0.5, 0.6) is 11.5 Å². The summed E-state index contributed by atoms with van der Waals surface area (Å²) in [5.41, 5.74) is 9.58. The van der Waals surface area contributed by atoms with E-state index in [0.717, 1.165) is 22.6 Å². The average molecular weight is 519 g/mol. The molecule has 0 saturated heterocycles. The zero-order valence-corrected chi connectivity index (χ0v) is 22.2. The van der Waals surface area contributed by atoms with Crippen molar-refractivity contribution in [3.63, 3.8) is 0 Å². The van der Waals surface area contributed by atoms with Gasteiger partial charge in [0.2, 0.25) is 0 Å². The number of rotatable bonds is 9. The first-order valence-corrected chi connectivity index (χ1v) is 13.6. The molecular weight excluding hydrogens is 488 g/mol. The van der Waals surface area contributed by atoms with E-state index in [-0.39, 0.29) is 0 Å². The highest BCUT2D eigenvalue weighted by atomic mass is 16.5. The molecule has 40 heavy (non-hydrogen) atoms. The molecule has 0 heterocycles. The number of ether oxygens (including phenoxy) is 2. The van der Waals surface area contributed by atoms with Gasteiger partial charge in [0.15, 0.2) is 0 Å². The number of allylic oxidation sites excluding steroid dienone is 10. The maximum Gasteiger partial charge on any atom is 0.122 e. The van der Waals surface area contributed by atoms with E-state index in [0.29, 0.717) is 13.2 Å². The molecular formula is C38H30O2. The van der Waals surface area contributed by atoms with E-state index < -0.39 is 0 Å². The predicted molar refractivity (Wildman–Crippen MR) is 165 cm³/mol. The Morgan fingerprint density at radius 1 is 0.375 bits per heavy atom. The van der Waals surface area contributed by atoms with E-state index >= 15 is 0 Å². The van der Waals surface area contributed by atoms with E-state index in [9.17, 15) is 0 Å². The van der Waals surface area contributed by atoms with Crippen molar-refractivity contribution in [1.29, 1.82) is 0 Å². The quantitative estimate of drug-likeness (QED) is 0.206. The van der Waals surface area contributed by atoms with Gasteiger partial charge in [-0.15, -0.1) is 0 Å². The zero-order chi connectivity index (χ0) is 27.0. The van der Waals surface area contributed by atoms with Gasteiger partial charge in [0.25, 0.3) is 0 Å². The summed E-state index contributed by atoms with van der Waals surface area (Å²) in [4.78, 5) is 0. The predicted octanol–water partition coefficient (Wildman–Crippen LogP) is 9.00. The lowest BCUT2D eigenvalue weighted by Crippen LogP contribution is -2.09. The summed E-state index contributed by atoms with van der Waals surface area (Å²) in [5, 5.41) is 0. The van der Waals surface area contributed by atoms with Crippen molar-refractivity contribution in [3.05, 3.63) is 191 Å². The summed E-state index contributed by atoms with van der Waals surface area (Å²) in [5.74, 6) is 1.66. The second-order valence-corrected chi connectivity index (χ2v) is 9.57. The monoisotopic (exact) mass is 518 g/mol. The van der Waals surface area contributed by atoms with Gasteiger partial charge in [-0.05, 0) is 68.8 Å². The van der Waals surface area contributed by atoms with Crippen molar-refractivity contribution < 1.29 is 9.47 Å². The van der Waals surface area contributed by atoms with Crippen LogP contribution in [0.3, 0.4) is 0 Å². The van der Waals surface area contributed by atoms with E-state index in [2.05, 4.69) is 121 Å². The third kappa shape index (κ3) is 5.82. The van der Waals surface area contributed by atoms with Gasteiger partial charge in [-0.2, -0.15) is 0 Å². The van der Waals surface area contributed by atoms with Crippen LogP contribution in [0.1, 0.15) is 22.3 Å². The molecule has 4 aromatic carbocycles. The Hall–Kier alpha value is -5.08. The molecule has 0 fully saturated rings. The Morgan fingerprint density at radius 3 is 1.05 bits per heavy atom. The highest BCUT2D eigenvalue weighted by Crippen LogP contribution is 2.32. The normalized spacial score (nSPS) is 13.2. The minimum Gasteiger partial charge on any atom is -0.490 e. The third-order valence-electron chi connectivity index (χ3n) is 6.93. The Bertz CT molecular complexity index is 1480. The molecule has 2 heteroatoms. The van der Waals surface area contributed by atoms with Gasteiger partial charge in [-0.1, -0.05) is 134 Å². The van der Waals surface area contributed by atoms with Gasteiger partial charge < -0.3 is 9.47 Å². The maximum atomic E-state index is 5.99.